The van der Waals surface area contributed by atoms with Crippen molar-refractivity contribution in [1.29, 1.82) is 0 Å². The van der Waals surface area contributed by atoms with Gasteiger partial charge in [-0.05, 0) is 57.8 Å². The molecule has 0 bridgehead atoms. The number of carbonyl (C=O) groups is 3. The second-order valence-electron chi connectivity index (χ2n) is 20.3. The highest BCUT2D eigenvalue weighted by Gasteiger charge is 2.19. The predicted molar refractivity (Wildman–Crippen MR) is 293 cm³/mol. The Kier molecular flexibility index (Phi) is 55.2. The van der Waals surface area contributed by atoms with Gasteiger partial charge in [-0.3, -0.25) is 14.4 Å². The maximum absolute atomic E-state index is 12.8. The topological polar surface area (TPSA) is 78.9 Å². The van der Waals surface area contributed by atoms with Gasteiger partial charge in [-0.1, -0.05) is 282 Å². The minimum atomic E-state index is -0.777. The first kappa shape index (κ1) is 65.6. The molecule has 0 N–H and O–H groups in total. The Morgan fingerprint density at radius 1 is 0.294 bits per heavy atom. The number of ether oxygens (including phenoxy) is 3. The molecule has 0 saturated heterocycles. The number of rotatable bonds is 55. The molecule has 0 fully saturated rings. The summed E-state index contributed by atoms with van der Waals surface area (Å²) < 4.78 is 16.9. The zero-order chi connectivity index (χ0) is 49.3. The summed E-state index contributed by atoms with van der Waals surface area (Å²) in [4.78, 5) is 38.2. The Bertz CT molecular complexity index is 1140. The van der Waals surface area contributed by atoms with Gasteiger partial charge in [0.15, 0.2) is 6.10 Å². The molecular weight excluding hydrogens is 841 g/mol. The van der Waals surface area contributed by atoms with E-state index in [-0.39, 0.29) is 31.1 Å². The molecule has 398 valence electrons. The molecule has 0 aromatic heterocycles. The van der Waals surface area contributed by atoms with E-state index in [0.717, 1.165) is 83.5 Å². The third kappa shape index (κ3) is 54.6. The van der Waals surface area contributed by atoms with Crippen LogP contribution in [0.15, 0.2) is 36.5 Å². The Balaban J connectivity index is 4.29. The van der Waals surface area contributed by atoms with Crippen LogP contribution in [0.5, 0.6) is 0 Å². The largest absolute Gasteiger partial charge is 0.462 e. The Labute approximate surface area is 423 Å². The number of allylic oxidation sites excluding steroid dienone is 6. The fraction of sp³-hybridized carbons (Fsp3) is 0.855. The van der Waals surface area contributed by atoms with Gasteiger partial charge in [-0.25, -0.2) is 0 Å². The summed E-state index contributed by atoms with van der Waals surface area (Å²) in [5.41, 5.74) is 0. The van der Waals surface area contributed by atoms with Crippen LogP contribution >= 0.6 is 0 Å². The van der Waals surface area contributed by atoms with Crippen molar-refractivity contribution in [2.75, 3.05) is 13.2 Å². The van der Waals surface area contributed by atoms with Gasteiger partial charge >= 0.3 is 17.9 Å². The van der Waals surface area contributed by atoms with E-state index < -0.39 is 6.10 Å². The van der Waals surface area contributed by atoms with E-state index in [1.165, 1.54) is 199 Å². The predicted octanol–water partition coefficient (Wildman–Crippen LogP) is 20.0. The first-order valence-corrected chi connectivity index (χ1v) is 30.0. The van der Waals surface area contributed by atoms with Crippen LogP contribution in [0.4, 0.5) is 0 Å². The van der Waals surface area contributed by atoms with Crippen molar-refractivity contribution < 1.29 is 28.6 Å². The van der Waals surface area contributed by atoms with E-state index in [1.54, 1.807) is 0 Å². The van der Waals surface area contributed by atoms with Gasteiger partial charge in [-0.15, -0.1) is 0 Å². The standard InChI is InChI=1S/C62H114O6/c1-4-7-10-13-16-19-22-25-27-29-30-31-32-34-36-38-41-43-46-49-52-55-61(64)67-58-59(68-62(65)56-53-50-47-44-39-24-21-18-15-12-9-6-3)57-66-60(63)54-51-48-45-42-40-37-35-33-28-26-23-20-17-14-11-8-5-2/h17,20,26,28,35,37,59H,4-16,18-19,21-25,27,29-34,36,38-58H2,1-3H3/b20-17-,28-26-,37-35-/t59-/m1/s1. The van der Waals surface area contributed by atoms with Crippen LogP contribution in [0.3, 0.4) is 0 Å². The summed E-state index contributed by atoms with van der Waals surface area (Å²) in [6.07, 6.45) is 68.6. The summed E-state index contributed by atoms with van der Waals surface area (Å²) in [5.74, 6) is -0.877. The lowest BCUT2D eigenvalue weighted by atomic mass is 10.0. The summed E-state index contributed by atoms with van der Waals surface area (Å²) in [6.45, 7) is 6.64. The third-order valence-corrected chi connectivity index (χ3v) is 13.4. The monoisotopic (exact) mass is 955 g/mol. The molecule has 1 atom stereocenters. The van der Waals surface area contributed by atoms with Gasteiger partial charge < -0.3 is 14.2 Å². The minimum absolute atomic E-state index is 0.0744. The second kappa shape index (κ2) is 57.2. The third-order valence-electron chi connectivity index (χ3n) is 13.4. The van der Waals surface area contributed by atoms with E-state index in [1.807, 2.05) is 0 Å². The quantitative estimate of drug-likeness (QED) is 0.0262. The van der Waals surface area contributed by atoms with Crippen LogP contribution in [-0.4, -0.2) is 37.2 Å². The van der Waals surface area contributed by atoms with Crippen LogP contribution in [0.25, 0.3) is 0 Å². The fourth-order valence-electron chi connectivity index (χ4n) is 8.86. The first-order valence-electron chi connectivity index (χ1n) is 30.0. The highest BCUT2D eigenvalue weighted by molar-refractivity contribution is 5.71. The molecule has 0 spiro atoms. The van der Waals surface area contributed by atoms with Crippen molar-refractivity contribution in [3.63, 3.8) is 0 Å². The van der Waals surface area contributed by atoms with E-state index >= 15 is 0 Å². The number of esters is 3. The zero-order valence-corrected chi connectivity index (χ0v) is 45.6. The maximum Gasteiger partial charge on any atom is 0.306 e. The van der Waals surface area contributed by atoms with Gasteiger partial charge in [0, 0.05) is 19.3 Å². The van der Waals surface area contributed by atoms with Gasteiger partial charge in [0.05, 0.1) is 0 Å². The molecule has 0 unspecified atom stereocenters. The molecule has 0 heterocycles. The summed E-state index contributed by atoms with van der Waals surface area (Å²) in [6, 6.07) is 0. The molecule has 0 amide bonds. The van der Waals surface area contributed by atoms with Crippen molar-refractivity contribution in [1.82, 2.24) is 0 Å². The van der Waals surface area contributed by atoms with Gasteiger partial charge in [0.25, 0.3) is 0 Å². The van der Waals surface area contributed by atoms with Gasteiger partial charge in [0.1, 0.15) is 13.2 Å². The molecule has 0 aromatic rings. The molecule has 0 radical (unpaired) electrons. The minimum Gasteiger partial charge on any atom is -0.462 e. The Hall–Kier alpha value is -2.37. The van der Waals surface area contributed by atoms with Gasteiger partial charge in [-0.2, -0.15) is 0 Å². The Morgan fingerprint density at radius 3 is 0.853 bits per heavy atom. The lowest BCUT2D eigenvalue weighted by Crippen LogP contribution is -2.30. The average Bonchev–Trinajstić information content (AvgIpc) is 3.34. The van der Waals surface area contributed by atoms with Gasteiger partial charge in [0.2, 0.25) is 0 Å². The van der Waals surface area contributed by atoms with Crippen molar-refractivity contribution >= 4 is 17.9 Å². The smallest absolute Gasteiger partial charge is 0.306 e. The molecule has 68 heavy (non-hydrogen) atoms. The molecule has 0 aliphatic heterocycles. The van der Waals surface area contributed by atoms with E-state index in [9.17, 15) is 14.4 Å². The van der Waals surface area contributed by atoms with E-state index in [2.05, 4.69) is 57.2 Å². The molecular formula is C62H114O6. The number of unbranched alkanes of at least 4 members (excludes halogenated alkanes) is 38. The van der Waals surface area contributed by atoms with E-state index in [4.69, 9.17) is 14.2 Å². The maximum atomic E-state index is 12.8. The zero-order valence-electron chi connectivity index (χ0n) is 45.6. The molecule has 0 saturated carbocycles. The SMILES string of the molecule is CCCCC/C=C\C/C=C\C/C=C\CCCCCCC(=O)OC[C@H](COC(=O)CCCCCCCCCCCCCCCCCCCCCCC)OC(=O)CCCCCCCCCCCCCC. The lowest BCUT2D eigenvalue weighted by Gasteiger charge is -2.18. The summed E-state index contributed by atoms with van der Waals surface area (Å²) >= 11 is 0. The molecule has 0 aliphatic rings. The van der Waals surface area contributed by atoms with Crippen molar-refractivity contribution in [2.24, 2.45) is 0 Å². The number of carbonyl (C=O) groups excluding carboxylic acids is 3. The number of hydrogen-bond donors (Lipinski definition) is 0. The average molecular weight is 956 g/mol. The fourth-order valence-corrected chi connectivity index (χ4v) is 8.86. The lowest BCUT2D eigenvalue weighted by molar-refractivity contribution is -0.167. The summed E-state index contributed by atoms with van der Waals surface area (Å²) in [7, 11) is 0. The Morgan fingerprint density at radius 2 is 0.529 bits per heavy atom. The van der Waals surface area contributed by atoms with Crippen LogP contribution in [0.2, 0.25) is 0 Å². The van der Waals surface area contributed by atoms with Crippen molar-refractivity contribution in [2.45, 2.75) is 329 Å². The normalized spacial score (nSPS) is 12.2. The van der Waals surface area contributed by atoms with Crippen LogP contribution in [0, 0.1) is 0 Å². The van der Waals surface area contributed by atoms with Crippen LogP contribution in [-0.2, 0) is 28.6 Å². The van der Waals surface area contributed by atoms with Crippen molar-refractivity contribution in [3.8, 4) is 0 Å². The molecule has 0 aliphatic carbocycles. The highest BCUT2D eigenvalue weighted by atomic mass is 16.6. The molecule has 0 rings (SSSR count). The summed E-state index contributed by atoms with van der Waals surface area (Å²) in [5, 5.41) is 0. The van der Waals surface area contributed by atoms with Crippen LogP contribution in [0.1, 0.15) is 323 Å². The first-order chi connectivity index (χ1) is 33.5. The van der Waals surface area contributed by atoms with Crippen LogP contribution < -0.4 is 0 Å². The highest BCUT2D eigenvalue weighted by Crippen LogP contribution is 2.17. The second-order valence-corrected chi connectivity index (χ2v) is 20.3. The van der Waals surface area contributed by atoms with Crippen molar-refractivity contribution in [3.05, 3.63) is 36.5 Å². The molecule has 6 nitrogen and oxygen atoms in total. The number of hydrogen-bond acceptors (Lipinski definition) is 6. The van der Waals surface area contributed by atoms with E-state index in [0.29, 0.717) is 19.3 Å². The molecule has 0 aromatic carbocycles. The molecule has 6 heteroatoms.